The maximum atomic E-state index is 12.3. The van der Waals surface area contributed by atoms with Crippen molar-refractivity contribution >= 4 is 23.2 Å². The average Bonchev–Trinajstić information content (AvgIpc) is 3.20. The average molecular weight is 342 g/mol. The number of amides is 2. The minimum Gasteiger partial charge on any atom is -0.351 e. The van der Waals surface area contributed by atoms with E-state index in [-0.39, 0.29) is 17.7 Å². The number of likely N-dealkylation sites (tertiary alicyclic amines) is 1. The fourth-order valence-corrected chi connectivity index (χ4v) is 3.99. The Balaban J connectivity index is 1.52. The van der Waals surface area contributed by atoms with Crippen LogP contribution in [0.3, 0.4) is 0 Å². The lowest BCUT2D eigenvalue weighted by Gasteiger charge is -2.17. The van der Waals surface area contributed by atoms with Gasteiger partial charge in [0.05, 0.1) is 4.88 Å². The molecule has 1 aliphatic rings. The minimum absolute atomic E-state index is 0.0178. The number of rotatable bonds is 6. The van der Waals surface area contributed by atoms with Gasteiger partial charge in [0.2, 0.25) is 5.91 Å². The Morgan fingerprint density at radius 3 is 2.83 bits per heavy atom. The van der Waals surface area contributed by atoms with Crippen molar-refractivity contribution in [1.29, 1.82) is 0 Å². The molecule has 2 heterocycles. The van der Waals surface area contributed by atoms with E-state index in [0.29, 0.717) is 26.1 Å². The zero-order valence-corrected chi connectivity index (χ0v) is 14.6. The van der Waals surface area contributed by atoms with Crippen LogP contribution in [0, 0.1) is 5.92 Å². The van der Waals surface area contributed by atoms with Crippen molar-refractivity contribution in [3.63, 3.8) is 0 Å². The Morgan fingerprint density at radius 2 is 2.08 bits per heavy atom. The molecule has 3 rings (SSSR count). The molecule has 4 nitrogen and oxygen atoms in total. The van der Waals surface area contributed by atoms with Crippen LogP contribution in [-0.4, -0.2) is 29.8 Å². The minimum atomic E-state index is -0.0178. The molecule has 1 unspecified atom stereocenters. The highest BCUT2D eigenvalue weighted by atomic mass is 32.1. The normalized spacial score (nSPS) is 17.3. The quantitative estimate of drug-likeness (QED) is 0.877. The monoisotopic (exact) mass is 342 g/mol. The van der Waals surface area contributed by atoms with E-state index in [1.165, 1.54) is 11.3 Å². The zero-order valence-electron chi connectivity index (χ0n) is 13.8. The molecule has 0 spiro atoms. The second-order valence-corrected chi connectivity index (χ2v) is 7.08. The standard InChI is InChI=1S/C19H22N2O2S/c1-2-16-8-9-24-18(16)19(23)20-11-15-10-17(22)21(13-15)12-14-6-4-3-5-7-14/h3-9,15H,2,10-13H2,1H3,(H,20,23). The van der Waals surface area contributed by atoms with E-state index in [1.54, 1.807) is 0 Å². The molecule has 1 N–H and O–H groups in total. The lowest BCUT2D eigenvalue weighted by Crippen LogP contribution is -2.31. The first-order chi connectivity index (χ1) is 11.7. The SMILES string of the molecule is CCc1ccsc1C(=O)NCC1CC(=O)N(Cc2ccccc2)C1. The van der Waals surface area contributed by atoms with Crippen molar-refractivity contribution in [2.45, 2.75) is 26.3 Å². The van der Waals surface area contributed by atoms with Gasteiger partial charge in [-0.3, -0.25) is 9.59 Å². The third-order valence-corrected chi connectivity index (χ3v) is 5.35. The van der Waals surface area contributed by atoms with Crippen LogP contribution in [0.4, 0.5) is 0 Å². The second kappa shape index (κ2) is 7.62. The molecule has 2 amide bonds. The van der Waals surface area contributed by atoms with Gasteiger partial charge in [-0.1, -0.05) is 37.3 Å². The summed E-state index contributed by atoms with van der Waals surface area (Å²) in [5.41, 5.74) is 2.23. The fourth-order valence-electron chi connectivity index (χ4n) is 3.08. The van der Waals surface area contributed by atoms with E-state index < -0.39 is 0 Å². The lowest BCUT2D eigenvalue weighted by molar-refractivity contribution is -0.128. The largest absolute Gasteiger partial charge is 0.351 e. The molecule has 1 aromatic carbocycles. The highest BCUT2D eigenvalue weighted by molar-refractivity contribution is 7.12. The number of aryl methyl sites for hydroxylation is 1. The summed E-state index contributed by atoms with van der Waals surface area (Å²) in [7, 11) is 0. The first-order valence-corrected chi connectivity index (χ1v) is 9.21. The van der Waals surface area contributed by atoms with Gasteiger partial charge in [-0.15, -0.1) is 11.3 Å². The van der Waals surface area contributed by atoms with E-state index in [1.807, 2.05) is 46.7 Å². The fraction of sp³-hybridized carbons (Fsp3) is 0.368. The molecule has 5 heteroatoms. The predicted molar refractivity (Wildman–Crippen MR) is 96.0 cm³/mol. The number of carbonyl (C=O) groups excluding carboxylic acids is 2. The number of nitrogens with zero attached hydrogens (tertiary/aromatic N) is 1. The van der Waals surface area contributed by atoms with Crippen molar-refractivity contribution in [3.8, 4) is 0 Å². The van der Waals surface area contributed by atoms with Crippen LogP contribution in [-0.2, 0) is 17.8 Å². The van der Waals surface area contributed by atoms with Crippen LogP contribution < -0.4 is 5.32 Å². The van der Waals surface area contributed by atoms with E-state index >= 15 is 0 Å². The van der Waals surface area contributed by atoms with Gasteiger partial charge in [0.1, 0.15) is 0 Å². The number of thiophene rings is 1. The topological polar surface area (TPSA) is 49.4 Å². The second-order valence-electron chi connectivity index (χ2n) is 6.17. The van der Waals surface area contributed by atoms with Gasteiger partial charge in [0.25, 0.3) is 5.91 Å². The van der Waals surface area contributed by atoms with Gasteiger partial charge in [0.15, 0.2) is 0 Å². The molecule has 1 aliphatic heterocycles. The summed E-state index contributed by atoms with van der Waals surface area (Å²) in [4.78, 5) is 27.2. The smallest absolute Gasteiger partial charge is 0.261 e. The molecular weight excluding hydrogens is 320 g/mol. The molecule has 126 valence electrons. The Hall–Kier alpha value is -2.14. The molecule has 0 bridgehead atoms. The van der Waals surface area contributed by atoms with Gasteiger partial charge in [-0.2, -0.15) is 0 Å². The van der Waals surface area contributed by atoms with Crippen LogP contribution in [0.15, 0.2) is 41.8 Å². The van der Waals surface area contributed by atoms with Crippen LogP contribution in [0.25, 0.3) is 0 Å². The summed E-state index contributed by atoms with van der Waals surface area (Å²) >= 11 is 1.48. The van der Waals surface area contributed by atoms with Gasteiger partial charge in [-0.05, 0) is 29.0 Å². The zero-order chi connectivity index (χ0) is 16.9. The summed E-state index contributed by atoms with van der Waals surface area (Å²) in [6, 6.07) is 12.0. The molecule has 24 heavy (non-hydrogen) atoms. The van der Waals surface area contributed by atoms with Crippen molar-refractivity contribution in [2.24, 2.45) is 5.92 Å². The van der Waals surface area contributed by atoms with Gasteiger partial charge in [-0.25, -0.2) is 0 Å². The summed E-state index contributed by atoms with van der Waals surface area (Å²) in [6.45, 7) is 3.96. The van der Waals surface area contributed by atoms with Crippen LogP contribution in [0.1, 0.15) is 34.1 Å². The molecule has 2 aromatic rings. The Bertz CT molecular complexity index is 711. The third-order valence-electron chi connectivity index (χ3n) is 4.40. The number of benzene rings is 1. The van der Waals surface area contributed by atoms with Crippen LogP contribution >= 0.6 is 11.3 Å². The molecule has 0 aliphatic carbocycles. The van der Waals surface area contributed by atoms with Crippen molar-refractivity contribution < 1.29 is 9.59 Å². The number of hydrogen-bond acceptors (Lipinski definition) is 3. The number of hydrogen-bond donors (Lipinski definition) is 1. The predicted octanol–water partition coefficient (Wildman–Crippen LogP) is 3.09. The van der Waals surface area contributed by atoms with Crippen molar-refractivity contribution in [3.05, 3.63) is 57.8 Å². The van der Waals surface area contributed by atoms with Crippen LogP contribution in [0.2, 0.25) is 0 Å². The molecular formula is C19H22N2O2S. The summed E-state index contributed by atoms with van der Waals surface area (Å²) in [5.74, 6) is 0.342. The lowest BCUT2D eigenvalue weighted by atomic mass is 10.1. The first-order valence-electron chi connectivity index (χ1n) is 8.33. The summed E-state index contributed by atoms with van der Waals surface area (Å²) < 4.78 is 0. The molecule has 1 atom stereocenters. The van der Waals surface area contributed by atoms with Crippen LogP contribution in [0.5, 0.6) is 0 Å². The summed E-state index contributed by atoms with van der Waals surface area (Å²) in [6.07, 6.45) is 1.37. The van der Waals surface area contributed by atoms with Gasteiger partial charge >= 0.3 is 0 Å². The molecule has 1 saturated heterocycles. The molecule has 0 saturated carbocycles. The Labute approximate surface area is 146 Å². The maximum Gasteiger partial charge on any atom is 0.261 e. The molecule has 1 fully saturated rings. The highest BCUT2D eigenvalue weighted by Crippen LogP contribution is 2.21. The van der Waals surface area contributed by atoms with E-state index in [9.17, 15) is 9.59 Å². The van der Waals surface area contributed by atoms with E-state index in [2.05, 4.69) is 12.2 Å². The number of carbonyl (C=O) groups is 2. The van der Waals surface area contributed by atoms with E-state index in [4.69, 9.17) is 0 Å². The Kier molecular flexibility index (Phi) is 5.30. The third kappa shape index (κ3) is 3.85. The van der Waals surface area contributed by atoms with Gasteiger partial charge in [0, 0.05) is 32.0 Å². The van der Waals surface area contributed by atoms with Crippen molar-refractivity contribution in [1.82, 2.24) is 10.2 Å². The maximum absolute atomic E-state index is 12.3. The molecule has 0 radical (unpaired) electrons. The highest BCUT2D eigenvalue weighted by Gasteiger charge is 2.29. The Morgan fingerprint density at radius 1 is 1.29 bits per heavy atom. The summed E-state index contributed by atoms with van der Waals surface area (Å²) in [5, 5.41) is 4.95. The first kappa shape index (κ1) is 16.7. The molecule has 1 aromatic heterocycles. The van der Waals surface area contributed by atoms with Crippen molar-refractivity contribution in [2.75, 3.05) is 13.1 Å². The number of nitrogens with one attached hydrogen (secondary N) is 1. The van der Waals surface area contributed by atoms with E-state index in [0.717, 1.165) is 22.4 Å². The van der Waals surface area contributed by atoms with Gasteiger partial charge < -0.3 is 10.2 Å².